The number of carbonyl (C=O) groups is 2. The van der Waals surface area contributed by atoms with E-state index in [1.165, 1.54) is 0 Å². The molecule has 1 atom stereocenters. The van der Waals surface area contributed by atoms with E-state index in [0.717, 1.165) is 12.8 Å². The summed E-state index contributed by atoms with van der Waals surface area (Å²) in [6, 6.07) is -0.398. The Morgan fingerprint density at radius 3 is 2.17 bits per heavy atom. The van der Waals surface area contributed by atoms with Crippen molar-refractivity contribution in [1.29, 1.82) is 0 Å². The van der Waals surface area contributed by atoms with E-state index < -0.39 is 17.5 Å². The number of hydrogen-bond donors (Lipinski definition) is 3. The van der Waals surface area contributed by atoms with Gasteiger partial charge in [0.25, 0.3) is 0 Å². The second-order valence-electron chi connectivity index (χ2n) is 5.96. The van der Waals surface area contributed by atoms with E-state index in [9.17, 15) is 14.7 Å². The molecule has 1 rings (SSSR count). The maximum Gasteiger partial charge on any atom is 0.329 e. The van der Waals surface area contributed by atoms with Crippen molar-refractivity contribution < 1.29 is 14.7 Å². The van der Waals surface area contributed by atoms with E-state index in [1.807, 2.05) is 20.8 Å². The molecule has 1 fully saturated rings. The van der Waals surface area contributed by atoms with Crippen molar-refractivity contribution in [2.75, 3.05) is 0 Å². The van der Waals surface area contributed by atoms with Crippen LogP contribution in [0.4, 0.5) is 4.79 Å². The van der Waals surface area contributed by atoms with Gasteiger partial charge in [-0.3, -0.25) is 0 Å². The van der Waals surface area contributed by atoms with Crippen LogP contribution in [-0.2, 0) is 4.79 Å². The number of urea groups is 1. The first-order valence-electron chi connectivity index (χ1n) is 6.55. The van der Waals surface area contributed by atoms with Crippen LogP contribution in [-0.4, -0.2) is 28.2 Å². The molecule has 0 aromatic rings. The molecule has 1 saturated carbocycles. The van der Waals surface area contributed by atoms with Crippen molar-refractivity contribution in [3.05, 3.63) is 0 Å². The third kappa shape index (κ3) is 3.62. The molecule has 0 saturated heterocycles. The quantitative estimate of drug-likeness (QED) is 0.681. The minimum Gasteiger partial charge on any atom is -0.480 e. The smallest absolute Gasteiger partial charge is 0.329 e. The highest BCUT2D eigenvalue weighted by atomic mass is 16.4. The van der Waals surface area contributed by atoms with Crippen molar-refractivity contribution in [3.8, 4) is 0 Å². The van der Waals surface area contributed by atoms with Gasteiger partial charge in [0.2, 0.25) is 0 Å². The number of carboxylic acid groups (broad SMARTS) is 1. The number of carboxylic acids is 1. The lowest BCUT2D eigenvalue weighted by atomic mass is 9.96. The summed E-state index contributed by atoms with van der Waals surface area (Å²) in [6.45, 7) is 7.39. The Bertz CT molecular complexity index is 337. The molecule has 0 radical (unpaired) electrons. The van der Waals surface area contributed by atoms with Crippen LogP contribution in [0.25, 0.3) is 0 Å². The van der Waals surface area contributed by atoms with Gasteiger partial charge in [-0.25, -0.2) is 9.59 Å². The van der Waals surface area contributed by atoms with Crippen molar-refractivity contribution >= 4 is 12.0 Å². The molecule has 1 aliphatic rings. The first-order valence-corrected chi connectivity index (χ1v) is 6.55. The Kier molecular flexibility index (Phi) is 4.24. The first kappa shape index (κ1) is 14.8. The molecule has 1 unspecified atom stereocenters. The van der Waals surface area contributed by atoms with Gasteiger partial charge >= 0.3 is 12.0 Å². The molecule has 0 aliphatic heterocycles. The summed E-state index contributed by atoms with van der Waals surface area (Å²) in [4.78, 5) is 23.1. The highest BCUT2D eigenvalue weighted by molar-refractivity contribution is 5.86. The van der Waals surface area contributed by atoms with Gasteiger partial charge in [-0.15, -0.1) is 0 Å². The summed E-state index contributed by atoms with van der Waals surface area (Å²) in [5.74, 6) is -0.491. The minimum atomic E-state index is -1.20. The van der Waals surface area contributed by atoms with Crippen molar-refractivity contribution in [3.63, 3.8) is 0 Å². The fraction of sp³-hybridized carbons (Fsp3) is 0.846. The van der Waals surface area contributed by atoms with Crippen LogP contribution >= 0.6 is 0 Å². The third-order valence-electron chi connectivity index (χ3n) is 3.65. The fourth-order valence-corrected chi connectivity index (χ4v) is 2.20. The molecule has 0 bridgehead atoms. The minimum absolute atomic E-state index is 0.268. The number of carbonyl (C=O) groups excluding carboxylic acids is 1. The molecule has 2 amide bonds. The van der Waals surface area contributed by atoms with E-state index in [0.29, 0.717) is 18.8 Å². The van der Waals surface area contributed by atoms with Crippen molar-refractivity contribution in [2.45, 2.75) is 64.5 Å². The largest absolute Gasteiger partial charge is 0.480 e. The van der Waals surface area contributed by atoms with Crippen LogP contribution in [0.2, 0.25) is 0 Å². The number of hydrogen-bond acceptors (Lipinski definition) is 2. The third-order valence-corrected chi connectivity index (χ3v) is 3.65. The Labute approximate surface area is 108 Å². The molecule has 5 nitrogen and oxygen atoms in total. The van der Waals surface area contributed by atoms with Crippen LogP contribution in [0.1, 0.15) is 53.4 Å². The van der Waals surface area contributed by atoms with Crippen LogP contribution in [0.15, 0.2) is 0 Å². The molecule has 104 valence electrons. The topological polar surface area (TPSA) is 78.4 Å². The van der Waals surface area contributed by atoms with Gasteiger partial charge in [0.1, 0.15) is 5.54 Å². The van der Waals surface area contributed by atoms with Gasteiger partial charge in [0.05, 0.1) is 0 Å². The number of nitrogens with one attached hydrogen (secondary N) is 2. The molecule has 5 heteroatoms. The monoisotopic (exact) mass is 256 g/mol. The van der Waals surface area contributed by atoms with Crippen LogP contribution in [0, 0.1) is 5.92 Å². The Morgan fingerprint density at radius 2 is 1.78 bits per heavy atom. The Balaban J connectivity index is 2.59. The molecular weight excluding hydrogens is 232 g/mol. The average Bonchev–Trinajstić information content (AvgIpc) is 2.98. The summed E-state index contributed by atoms with van der Waals surface area (Å²) < 4.78 is 0. The van der Waals surface area contributed by atoms with Gasteiger partial charge in [-0.2, -0.15) is 0 Å². The number of rotatable bonds is 6. The second kappa shape index (κ2) is 5.16. The summed E-state index contributed by atoms with van der Waals surface area (Å²) in [5, 5.41) is 14.6. The van der Waals surface area contributed by atoms with Crippen LogP contribution < -0.4 is 10.6 Å². The molecule has 1 aliphatic carbocycles. The predicted molar refractivity (Wildman–Crippen MR) is 69.4 cm³/mol. The lowest BCUT2D eigenvalue weighted by Gasteiger charge is -2.31. The summed E-state index contributed by atoms with van der Waals surface area (Å²) in [7, 11) is 0. The predicted octanol–water partition coefficient (Wildman–Crippen LogP) is 2.12. The van der Waals surface area contributed by atoms with E-state index in [2.05, 4.69) is 10.6 Å². The highest BCUT2D eigenvalue weighted by Gasteiger charge is 2.40. The van der Waals surface area contributed by atoms with Crippen molar-refractivity contribution in [2.24, 2.45) is 5.92 Å². The first-order chi connectivity index (χ1) is 8.21. The number of aliphatic carboxylic acids is 1. The molecule has 18 heavy (non-hydrogen) atoms. The van der Waals surface area contributed by atoms with Gasteiger partial charge in [0.15, 0.2) is 0 Å². The highest BCUT2D eigenvalue weighted by Crippen LogP contribution is 2.39. The second-order valence-corrected chi connectivity index (χ2v) is 5.96. The standard InChI is InChI=1S/C13H24N2O3/c1-5-8-13(4,10(16)17)15-11(18)14-12(2,3)9-6-7-9/h9H,5-8H2,1-4H3,(H,16,17)(H2,14,15,18). The lowest BCUT2D eigenvalue weighted by molar-refractivity contribution is -0.144. The molecule has 3 N–H and O–H groups in total. The Morgan fingerprint density at radius 1 is 1.22 bits per heavy atom. The van der Waals surface area contributed by atoms with Gasteiger partial charge in [0, 0.05) is 5.54 Å². The van der Waals surface area contributed by atoms with Gasteiger partial charge in [-0.05, 0) is 46.0 Å². The zero-order chi connectivity index (χ0) is 14.0. The maximum absolute atomic E-state index is 11.9. The van der Waals surface area contributed by atoms with E-state index >= 15 is 0 Å². The molecule has 0 aromatic carbocycles. The van der Waals surface area contributed by atoms with Crippen LogP contribution in [0.5, 0.6) is 0 Å². The average molecular weight is 256 g/mol. The van der Waals surface area contributed by atoms with Crippen molar-refractivity contribution in [1.82, 2.24) is 10.6 Å². The zero-order valence-corrected chi connectivity index (χ0v) is 11.7. The molecule has 0 spiro atoms. The summed E-state index contributed by atoms with van der Waals surface area (Å²) >= 11 is 0. The normalized spacial score (nSPS) is 18.9. The summed E-state index contributed by atoms with van der Waals surface area (Å²) in [5.41, 5.74) is -1.46. The van der Waals surface area contributed by atoms with E-state index in [4.69, 9.17) is 0 Å². The zero-order valence-electron chi connectivity index (χ0n) is 11.7. The fourth-order valence-electron chi connectivity index (χ4n) is 2.20. The number of amides is 2. The van der Waals surface area contributed by atoms with Gasteiger partial charge < -0.3 is 15.7 Å². The SMILES string of the molecule is CCCC(C)(NC(=O)NC(C)(C)C1CC1)C(=O)O. The van der Waals surface area contributed by atoms with E-state index in [1.54, 1.807) is 6.92 Å². The molecular formula is C13H24N2O3. The Hall–Kier alpha value is -1.26. The van der Waals surface area contributed by atoms with Crippen LogP contribution in [0.3, 0.4) is 0 Å². The van der Waals surface area contributed by atoms with E-state index in [-0.39, 0.29) is 5.54 Å². The summed E-state index contributed by atoms with van der Waals surface area (Å²) in [6.07, 6.45) is 3.37. The molecule has 0 aromatic heterocycles. The lowest BCUT2D eigenvalue weighted by Crippen LogP contribution is -2.59. The molecule has 0 heterocycles. The maximum atomic E-state index is 11.9. The van der Waals surface area contributed by atoms with Gasteiger partial charge in [-0.1, -0.05) is 13.3 Å².